The number of aromatic nitrogens is 1. The van der Waals surface area contributed by atoms with Gasteiger partial charge in [-0.3, -0.25) is 0 Å². The molecule has 0 aliphatic heterocycles. The van der Waals surface area contributed by atoms with E-state index >= 15 is 0 Å². The first kappa shape index (κ1) is 12.0. The zero-order valence-electron chi connectivity index (χ0n) is 10.9. The highest BCUT2D eigenvalue weighted by atomic mass is 15.1. The number of hydrogen-bond acceptors (Lipinski definition) is 2. The lowest BCUT2D eigenvalue weighted by Crippen LogP contribution is -2.25. The molecule has 1 unspecified atom stereocenters. The van der Waals surface area contributed by atoms with E-state index in [2.05, 4.69) is 60.9 Å². The van der Waals surface area contributed by atoms with Gasteiger partial charge in [0.1, 0.15) is 0 Å². The lowest BCUT2D eigenvalue weighted by molar-refractivity contribution is 0.659. The summed E-state index contributed by atoms with van der Waals surface area (Å²) in [6.07, 6.45) is 3.20. The standard InChI is InChI=1S/C14H21N3/c1-11(15)8-9-16(2)14-10-17(3)13-7-5-4-6-12(13)14/h4-7,10-11H,8-9,15H2,1-3H3. The van der Waals surface area contributed by atoms with Crippen molar-refractivity contribution in [2.24, 2.45) is 12.8 Å². The summed E-state index contributed by atoms with van der Waals surface area (Å²) in [4.78, 5) is 2.28. The van der Waals surface area contributed by atoms with Crippen LogP contribution in [0.15, 0.2) is 30.5 Å². The van der Waals surface area contributed by atoms with Gasteiger partial charge in [-0.05, 0) is 19.4 Å². The van der Waals surface area contributed by atoms with E-state index in [4.69, 9.17) is 5.73 Å². The Hall–Kier alpha value is -1.48. The first-order valence-electron chi connectivity index (χ1n) is 6.10. The van der Waals surface area contributed by atoms with E-state index in [1.165, 1.54) is 16.6 Å². The maximum Gasteiger partial charge on any atom is 0.0623 e. The predicted octanol–water partition coefficient (Wildman–Crippen LogP) is 2.35. The van der Waals surface area contributed by atoms with Gasteiger partial charge < -0.3 is 15.2 Å². The Balaban J connectivity index is 2.29. The zero-order chi connectivity index (χ0) is 12.4. The van der Waals surface area contributed by atoms with E-state index in [-0.39, 0.29) is 6.04 Å². The summed E-state index contributed by atoms with van der Waals surface area (Å²) in [7, 11) is 4.22. The highest BCUT2D eigenvalue weighted by molar-refractivity contribution is 5.93. The summed E-state index contributed by atoms with van der Waals surface area (Å²) in [6, 6.07) is 8.75. The van der Waals surface area contributed by atoms with Gasteiger partial charge in [0.15, 0.2) is 0 Å². The third-order valence-corrected chi connectivity index (χ3v) is 3.21. The molecule has 0 saturated heterocycles. The molecule has 3 nitrogen and oxygen atoms in total. The number of para-hydroxylation sites is 1. The molecule has 0 aliphatic carbocycles. The minimum absolute atomic E-state index is 0.257. The SMILES string of the molecule is CC(N)CCN(C)c1cn(C)c2ccccc12. The van der Waals surface area contributed by atoms with Crippen molar-refractivity contribution in [3.05, 3.63) is 30.5 Å². The first-order chi connectivity index (χ1) is 8.09. The van der Waals surface area contributed by atoms with Crippen molar-refractivity contribution in [3.8, 4) is 0 Å². The molecule has 2 N–H and O–H groups in total. The average molecular weight is 231 g/mol. The van der Waals surface area contributed by atoms with Crippen LogP contribution in [0.4, 0.5) is 5.69 Å². The maximum absolute atomic E-state index is 5.80. The average Bonchev–Trinajstić information content (AvgIpc) is 2.65. The summed E-state index contributed by atoms with van der Waals surface area (Å²) in [5.74, 6) is 0. The van der Waals surface area contributed by atoms with Crippen molar-refractivity contribution in [2.75, 3.05) is 18.5 Å². The van der Waals surface area contributed by atoms with E-state index in [1.54, 1.807) is 0 Å². The van der Waals surface area contributed by atoms with Crippen LogP contribution in [-0.2, 0) is 7.05 Å². The van der Waals surface area contributed by atoms with E-state index in [0.717, 1.165) is 13.0 Å². The number of hydrogen-bond donors (Lipinski definition) is 1. The molecule has 0 radical (unpaired) electrons. The number of fused-ring (bicyclic) bond motifs is 1. The summed E-state index contributed by atoms with van der Waals surface area (Å²) in [5, 5.41) is 1.31. The summed E-state index contributed by atoms with van der Waals surface area (Å²) < 4.78 is 2.17. The molecule has 0 spiro atoms. The van der Waals surface area contributed by atoms with Crippen molar-refractivity contribution in [1.29, 1.82) is 0 Å². The lowest BCUT2D eigenvalue weighted by Gasteiger charge is -2.19. The van der Waals surface area contributed by atoms with Gasteiger partial charge in [-0.15, -0.1) is 0 Å². The second-order valence-corrected chi connectivity index (χ2v) is 4.83. The monoisotopic (exact) mass is 231 g/mol. The molecule has 2 rings (SSSR count). The fourth-order valence-electron chi connectivity index (χ4n) is 2.14. The number of nitrogens with zero attached hydrogens (tertiary/aromatic N) is 2. The van der Waals surface area contributed by atoms with E-state index in [9.17, 15) is 0 Å². The molecule has 1 atom stereocenters. The number of anilines is 1. The Bertz CT molecular complexity index is 499. The first-order valence-corrected chi connectivity index (χ1v) is 6.10. The topological polar surface area (TPSA) is 34.2 Å². The van der Waals surface area contributed by atoms with Gasteiger partial charge in [-0.25, -0.2) is 0 Å². The Labute approximate surface area is 103 Å². The number of nitrogens with two attached hydrogens (primary N) is 1. The zero-order valence-corrected chi connectivity index (χ0v) is 10.9. The van der Waals surface area contributed by atoms with Crippen LogP contribution in [0.25, 0.3) is 10.9 Å². The van der Waals surface area contributed by atoms with Crippen molar-refractivity contribution < 1.29 is 0 Å². The molecule has 1 aromatic carbocycles. The second-order valence-electron chi connectivity index (χ2n) is 4.83. The molecule has 0 fully saturated rings. The van der Waals surface area contributed by atoms with Gasteiger partial charge in [0.25, 0.3) is 0 Å². The predicted molar refractivity (Wildman–Crippen MR) is 74.5 cm³/mol. The van der Waals surface area contributed by atoms with Crippen LogP contribution in [0.2, 0.25) is 0 Å². The van der Waals surface area contributed by atoms with Gasteiger partial charge in [0, 0.05) is 43.8 Å². The van der Waals surface area contributed by atoms with Crippen molar-refractivity contribution in [2.45, 2.75) is 19.4 Å². The number of aryl methyl sites for hydroxylation is 1. The molecule has 2 aromatic rings. The smallest absolute Gasteiger partial charge is 0.0623 e. The molecular formula is C14H21N3. The fourth-order valence-corrected chi connectivity index (χ4v) is 2.14. The van der Waals surface area contributed by atoms with Crippen molar-refractivity contribution >= 4 is 16.6 Å². The molecule has 17 heavy (non-hydrogen) atoms. The maximum atomic E-state index is 5.80. The second kappa shape index (κ2) is 4.80. The van der Waals surface area contributed by atoms with Crippen LogP contribution in [0.3, 0.4) is 0 Å². The largest absolute Gasteiger partial charge is 0.373 e. The van der Waals surface area contributed by atoms with Crippen LogP contribution in [0.1, 0.15) is 13.3 Å². The molecule has 0 aliphatic rings. The van der Waals surface area contributed by atoms with Gasteiger partial charge in [0.2, 0.25) is 0 Å². The molecular weight excluding hydrogens is 210 g/mol. The summed E-state index contributed by atoms with van der Waals surface area (Å²) in [6.45, 7) is 3.04. The van der Waals surface area contributed by atoms with Crippen LogP contribution in [0.5, 0.6) is 0 Å². The van der Waals surface area contributed by atoms with Crippen LogP contribution in [0, 0.1) is 0 Å². The minimum atomic E-state index is 0.257. The van der Waals surface area contributed by atoms with Crippen molar-refractivity contribution in [1.82, 2.24) is 4.57 Å². The lowest BCUT2D eigenvalue weighted by atomic mass is 10.2. The van der Waals surface area contributed by atoms with E-state index < -0.39 is 0 Å². The Kier molecular flexibility index (Phi) is 3.38. The van der Waals surface area contributed by atoms with Gasteiger partial charge in [-0.2, -0.15) is 0 Å². The Morgan fingerprint density at radius 2 is 2.06 bits per heavy atom. The highest BCUT2D eigenvalue weighted by Gasteiger charge is 2.10. The quantitative estimate of drug-likeness (QED) is 0.876. The van der Waals surface area contributed by atoms with Gasteiger partial charge in [-0.1, -0.05) is 18.2 Å². The third-order valence-electron chi connectivity index (χ3n) is 3.21. The number of benzene rings is 1. The minimum Gasteiger partial charge on any atom is -0.373 e. The molecule has 1 aromatic heterocycles. The summed E-state index contributed by atoms with van der Waals surface area (Å²) >= 11 is 0. The molecule has 0 amide bonds. The highest BCUT2D eigenvalue weighted by Crippen LogP contribution is 2.27. The molecule has 3 heteroatoms. The molecule has 92 valence electrons. The van der Waals surface area contributed by atoms with Crippen molar-refractivity contribution in [3.63, 3.8) is 0 Å². The third kappa shape index (κ3) is 2.44. The normalized spacial score (nSPS) is 12.9. The van der Waals surface area contributed by atoms with E-state index in [0.29, 0.717) is 0 Å². The van der Waals surface area contributed by atoms with E-state index in [1.807, 2.05) is 0 Å². The Morgan fingerprint density at radius 3 is 2.76 bits per heavy atom. The number of rotatable bonds is 4. The van der Waals surface area contributed by atoms with Crippen LogP contribution >= 0.6 is 0 Å². The molecule has 1 heterocycles. The molecule has 0 bridgehead atoms. The molecule has 0 saturated carbocycles. The Morgan fingerprint density at radius 1 is 1.35 bits per heavy atom. The van der Waals surface area contributed by atoms with Crippen LogP contribution < -0.4 is 10.6 Å². The summed E-state index contributed by atoms with van der Waals surface area (Å²) in [5.41, 5.74) is 8.36. The fraction of sp³-hybridized carbons (Fsp3) is 0.429. The van der Waals surface area contributed by atoms with Crippen LogP contribution in [-0.4, -0.2) is 24.2 Å². The van der Waals surface area contributed by atoms with Gasteiger partial charge in [0.05, 0.1) is 5.69 Å². The van der Waals surface area contributed by atoms with Gasteiger partial charge >= 0.3 is 0 Å².